The summed E-state index contributed by atoms with van der Waals surface area (Å²) in [7, 11) is 3.62. The second kappa shape index (κ2) is 5.76. The summed E-state index contributed by atoms with van der Waals surface area (Å²) >= 11 is 4.42. The minimum Gasteiger partial charge on any atom is -0.382 e. The zero-order valence-corrected chi connectivity index (χ0v) is 13.2. The van der Waals surface area contributed by atoms with Crippen molar-refractivity contribution >= 4 is 49.8 Å². The zero-order valence-electron chi connectivity index (χ0n) is 10.8. The van der Waals surface area contributed by atoms with E-state index in [0.29, 0.717) is 20.2 Å². The first kappa shape index (κ1) is 14.7. The third-order valence-corrected chi connectivity index (χ3v) is 4.34. The van der Waals surface area contributed by atoms with Gasteiger partial charge in [0, 0.05) is 18.6 Å². The highest BCUT2D eigenvalue weighted by Gasteiger charge is 2.18. The van der Waals surface area contributed by atoms with Gasteiger partial charge in [0.15, 0.2) is 5.13 Å². The minimum absolute atomic E-state index is 0.156. The van der Waals surface area contributed by atoms with Gasteiger partial charge in [0.25, 0.3) is 5.91 Å². The molecule has 0 saturated carbocycles. The van der Waals surface area contributed by atoms with Gasteiger partial charge in [-0.25, -0.2) is 9.37 Å². The minimum atomic E-state index is -0.435. The Morgan fingerprint density at radius 1 is 1.50 bits per heavy atom. The van der Waals surface area contributed by atoms with Crippen LogP contribution in [0.3, 0.4) is 0 Å². The summed E-state index contributed by atoms with van der Waals surface area (Å²) < 4.78 is 13.8. The average Bonchev–Trinajstić information content (AvgIpc) is 2.76. The van der Waals surface area contributed by atoms with Crippen LogP contribution in [0.15, 0.2) is 22.7 Å². The maximum absolute atomic E-state index is 13.2. The number of nitrogens with zero attached hydrogens (tertiary/aromatic N) is 2. The third kappa shape index (κ3) is 3.07. The maximum Gasteiger partial charge on any atom is 0.269 e. The highest BCUT2D eigenvalue weighted by Crippen LogP contribution is 2.29. The lowest BCUT2D eigenvalue weighted by atomic mass is 10.3. The van der Waals surface area contributed by atoms with Crippen LogP contribution < -0.4 is 16.0 Å². The first-order valence-corrected chi connectivity index (χ1v) is 7.19. The van der Waals surface area contributed by atoms with E-state index in [9.17, 15) is 9.18 Å². The fourth-order valence-electron chi connectivity index (χ4n) is 1.45. The van der Waals surface area contributed by atoms with E-state index >= 15 is 0 Å². The molecule has 2 rings (SSSR count). The van der Waals surface area contributed by atoms with Gasteiger partial charge in [0.2, 0.25) is 0 Å². The predicted octanol–water partition coefficient (Wildman–Crippen LogP) is 2.95. The van der Waals surface area contributed by atoms with Crippen molar-refractivity contribution in [1.82, 2.24) is 4.98 Å². The highest BCUT2D eigenvalue weighted by molar-refractivity contribution is 9.10. The van der Waals surface area contributed by atoms with Crippen molar-refractivity contribution in [2.75, 3.05) is 30.0 Å². The molecule has 0 spiro atoms. The van der Waals surface area contributed by atoms with Gasteiger partial charge >= 0.3 is 0 Å². The van der Waals surface area contributed by atoms with Gasteiger partial charge in [-0.05, 0) is 34.1 Å². The van der Waals surface area contributed by atoms with Crippen LogP contribution >= 0.6 is 27.3 Å². The molecule has 1 amide bonds. The largest absolute Gasteiger partial charge is 0.382 e. The summed E-state index contributed by atoms with van der Waals surface area (Å²) in [6.45, 7) is 0. The van der Waals surface area contributed by atoms with Crippen LogP contribution in [-0.4, -0.2) is 25.0 Å². The SMILES string of the molecule is CN(C)c1nc(N)c(C(=O)Nc2cc(F)ccc2Br)s1. The van der Waals surface area contributed by atoms with Crippen LogP contribution in [0.25, 0.3) is 0 Å². The number of benzene rings is 1. The molecule has 0 aliphatic rings. The number of hydrogen-bond donors (Lipinski definition) is 2. The maximum atomic E-state index is 13.2. The lowest BCUT2D eigenvalue weighted by Crippen LogP contribution is -2.12. The Kier molecular flexibility index (Phi) is 4.24. The van der Waals surface area contributed by atoms with Crippen molar-refractivity contribution in [3.05, 3.63) is 33.4 Å². The van der Waals surface area contributed by atoms with Gasteiger partial charge in [-0.15, -0.1) is 0 Å². The van der Waals surface area contributed by atoms with Crippen LogP contribution in [0.5, 0.6) is 0 Å². The van der Waals surface area contributed by atoms with E-state index in [4.69, 9.17) is 5.73 Å². The van der Waals surface area contributed by atoms with Gasteiger partial charge < -0.3 is 16.0 Å². The number of nitrogens with two attached hydrogens (primary N) is 1. The Bertz CT molecular complexity index is 659. The average molecular weight is 359 g/mol. The number of carbonyl (C=O) groups excluding carboxylic acids is 1. The van der Waals surface area contributed by atoms with E-state index in [1.165, 1.54) is 29.5 Å². The van der Waals surface area contributed by atoms with E-state index in [2.05, 4.69) is 26.2 Å². The molecule has 0 atom stereocenters. The quantitative estimate of drug-likeness (QED) is 0.884. The number of thiazole rings is 1. The Morgan fingerprint density at radius 2 is 2.20 bits per heavy atom. The van der Waals surface area contributed by atoms with E-state index in [1.807, 2.05) is 14.1 Å². The van der Waals surface area contributed by atoms with Crippen molar-refractivity contribution < 1.29 is 9.18 Å². The zero-order chi connectivity index (χ0) is 14.9. The molecule has 1 heterocycles. The smallest absolute Gasteiger partial charge is 0.269 e. The monoisotopic (exact) mass is 358 g/mol. The highest BCUT2D eigenvalue weighted by atomic mass is 79.9. The summed E-state index contributed by atoms with van der Waals surface area (Å²) in [4.78, 5) is 18.3. The summed E-state index contributed by atoms with van der Waals surface area (Å²) in [5.41, 5.74) is 6.07. The van der Waals surface area contributed by atoms with Gasteiger partial charge in [-0.3, -0.25) is 4.79 Å². The number of carbonyl (C=O) groups is 1. The number of rotatable bonds is 3. The second-order valence-electron chi connectivity index (χ2n) is 4.18. The molecule has 0 radical (unpaired) electrons. The summed E-state index contributed by atoms with van der Waals surface area (Å²) in [5.74, 6) is -0.696. The van der Waals surface area contributed by atoms with Crippen LogP contribution in [0.4, 0.5) is 21.0 Å². The molecular formula is C12H12BrFN4OS. The standard InChI is InChI=1S/C12H12BrFN4OS/c1-18(2)12-17-10(15)9(20-12)11(19)16-8-5-6(14)3-4-7(8)13/h3-5H,15H2,1-2H3,(H,16,19). The van der Waals surface area contributed by atoms with E-state index in [-0.39, 0.29) is 5.82 Å². The fraction of sp³-hybridized carbons (Fsp3) is 0.167. The molecule has 106 valence electrons. The Balaban J connectivity index is 2.26. The number of nitrogen functional groups attached to an aromatic ring is 1. The number of nitrogens with one attached hydrogen (secondary N) is 1. The van der Waals surface area contributed by atoms with Crippen LogP contribution in [-0.2, 0) is 0 Å². The molecule has 8 heteroatoms. The molecule has 3 N–H and O–H groups in total. The van der Waals surface area contributed by atoms with Crippen molar-refractivity contribution in [2.45, 2.75) is 0 Å². The number of anilines is 3. The van der Waals surface area contributed by atoms with Gasteiger partial charge in [0.1, 0.15) is 16.5 Å². The van der Waals surface area contributed by atoms with Gasteiger partial charge in [-0.2, -0.15) is 0 Å². The Labute approximate surface area is 127 Å². The number of halogens is 2. The van der Waals surface area contributed by atoms with Crippen molar-refractivity contribution in [3.8, 4) is 0 Å². The first-order chi connectivity index (χ1) is 9.38. The number of amides is 1. The summed E-state index contributed by atoms with van der Waals surface area (Å²) in [6, 6.07) is 4.04. The molecule has 1 aromatic heterocycles. The van der Waals surface area contributed by atoms with Crippen LogP contribution in [0.2, 0.25) is 0 Å². The van der Waals surface area contributed by atoms with E-state index < -0.39 is 11.7 Å². The molecule has 0 aliphatic carbocycles. The summed E-state index contributed by atoms with van der Waals surface area (Å²) in [5, 5.41) is 3.24. The molecule has 2 aromatic rings. The normalized spacial score (nSPS) is 10.4. The molecule has 0 bridgehead atoms. The predicted molar refractivity (Wildman–Crippen MR) is 82.9 cm³/mol. The van der Waals surface area contributed by atoms with Crippen molar-refractivity contribution in [1.29, 1.82) is 0 Å². The van der Waals surface area contributed by atoms with E-state index in [0.717, 1.165) is 0 Å². The Morgan fingerprint density at radius 3 is 2.80 bits per heavy atom. The first-order valence-electron chi connectivity index (χ1n) is 5.58. The lowest BCUT2D eigenvalue weighted by molar-refractivity contribution is 0.103. The number of hydrogen-bond acceptors (Lipinski definition) is 5. The molecular weight excluding hydrogens is 347 g/mol. The molecule has 0 unspecified atom stereocenters. The molecule has 0 aliphatic heterocycles. The molecule has 5 nitrogen and oxygen atoms in total. The van der Waals surface area contributed by atoms with Gasteiger partial charge in [0.05, 0.1) is 5.69 Å². The second-order valence-corrected chi connectivity index (χ2v) is 6.02. The lowest BCUT2D eigenvalue weighted by Gasteiger charge is -2.06. The van der Waals surface area contributed by atoms with Gasteiger partial charge in [-0.1, -0.05) is 11.3 Å². The summed E-state index contributed by atoms with van der Waals surface area (Å²) in [6.07, 6.45) is 0. The number of aromatic nitrogens is 1. The Hall–Kier alpha value is -1.67. The fourth-order valence-corrected chi connectivity index (χ4v) is 2.60. The molecule has 0 fully saturated rings. The van der Waals surface area contributed by atoms with Crippen LogP contribution in [0, 0.1) is 5.82 Å². The third-order valence-electron chi connectivity index (χ3n) is 2.41. The molecule has 0 saturated heterocycles. The molecule has 1 aromatic carbocycles. The van der Waals surface area contributed by atoms with Crippen molar-refractivity contribution in [2.24, 2.45) is 0 Å². The van der Waals surface area contributed by atoms with E-state index in [1.54, 1.807) is 4.90 Å². The topological polar surface area (TPSA) is 71.2 Å². The van der Waals surface area contributed by atoms with Crippen molar-refractivity contribution in [3.63, 3.8) is 0 Å². The van der Waals surface area contributed by atoms with Crippen LogP contribution in [0.1, 0.15) is 9.67 Å². The molecule has 20 heavy (non-hydrogen) atoms.